The molecule has 0 saturated carbocycles. The largest absolute Gasteiger partial charge is 0.479 e. The number of hydrogen-bond acceptors (Lipinski definition) is 5. The summed E-state index contributed by atoms with van der Waals surface area (Å²) < 4.78 is 7.07. The van der Waals surface area contributed by atoms with Crippen LogP contribution in [0, 0.1) is 13.8 Å². The molecule has 132 valence electrons. The molecule has 7 heteroatoms. The number of carbonyl (C=O) groups is 1. The Morgan fingerprint density at radius 3 is 2.67 bits per heavy atom. The number of methoxy groups -OCH3 is 1. The van der Waals surface area contributed by atoms with Crippen LogP contribution in [0.3, 0.4) is 0 Å². The van der Waals surface area contributed by atoms with Gasteiger partial charge in [0.25, 0.3) is 0 Å². The van der Waals surface area contributed by atoms with Crippen LogP contribution >= 0.6 is 0 Å². The van der Waals surface area contributed by atoms with Gasteiger partial charge < -0.3 is 14.7 Å². The molecule has 0 fully saturated rings. The Morgan fingerprint density at radius 1 is 1.38 bits per heavy atom. The van der Waals surface area contributed by atoms with E-state index in [9.17, 15) is 4.79 Å². The zero-order valence-electron chi connectivity index (χ0n) is 15.1. The van der Waals surface area contributed by atoms with Gasteiger partial charge in [0.2, 0.25) is 11.8 Å². The topological polar surface area (TPSA) is 80.5 Å². The van der Waals surface area contributed by atoms with Crippen LogP contribution in [-0.2, 0) is 18.3 Å². The molecule has 0 radical (unpaired) electrons. The number of rotatable bonds is 7. The zero-order valence-corrected chi connectivity index (χ0v) is 15.1. The number of aliphatic hydroxyl groups excluding tert-OH is 1. The highest BCUT2D eigenvalue weighted by atomic mass is 16.5. The van der Waals surface area contributed by atoms with Gasteiger partial charge in [0.15, 0.2) is 5.65 Å². The third-order valence-electron chi connectivity index (χ3n) is 4.41. The summed E-state index contributed by atoms with van der Waals surface area (Å²) in [6.45, 7) is 6.85. The van der Waals surface area contributed by atoms with E-state index in [1.807, 2.05) is 27.8 Å². The van der Waals surface area contributed by atoms with Crippen molar-refractivity contribution in [3.8, 4) is 5.88 Å². The van der Waals surface area contributed by atoms with Crippen LogP contribution in [0.1, 0.15) is 30.2 Å². The highest BCUT2D eigenvalue weighted by Crippen LogP contribution is 2.30. The van der Waals surface area contributed by atoms with Crippen molar-refractivity contribution in [2.24, 2.45) is 7.05 Å². The Bertz CT molecular complexity index is 739. The van der Waals surface area contributed by atoms with Gasteiger partial charge >= 0.3 is 0 Å². The Hall–Kier alpha value is -2.15. The smallest absolute Gasteiger partial charge is 0.242 e. The number of amides is 1. The molecule has 0 spiro atoms. The Kier molecular flexibility index (Phi) is 5.77. The van der Waals surface area contributed by atoms with Crippen LogP contribution in [0.4, 0.5) is 0 Å². The minimum Gasteiger partial charge on any atom is -0.479 e. The Morgan fingerprint density at radius 2 is 2.08 bits per heavy atom. The third-order valence-corrected chi connectivity index (χ3v) is 4.41. The summed E-state index contributed by atoms with van der Waals surface area (Å²) in [5.41, 5.74) is 3.80. The molecule has 2 aromatic rings. The second-order valence-corrected chi connectivity index (χ2v) is 5.83. The molecule has 0 aromatic carbocycles. The average molecular weight is 334 g/mol. The van der Waals surface area contributed by atoms with Crippen molar-refractivity contribution in [2.45, 2.75) is 33.6 Å². The van der Waals surface area contributed by atoms with Crippen molar-refractivity contribution in [3.05, 3.63) is 16.8 Å². The minimum atomic E-state index is -0.0158. The summed E-state index contributed by atoms with van der Waals surface area (Å²) in [5.74, 6) is 0.601. The molecule has 0 bridgehead atoms. The second kappa shape index (κ2) is 7.61. The first kappa shape index (κ1) is 18.2. The molecule has 0 aliphatic carbocycles. The van der Waals surface area contributed by atoms with Gasteiger partial charge in [0.05, 0.1) is 19.1 Å². The van der Waals surface area contributed by atoms with E-state index in [1.54, 1.807) is 16.7 Å². The van der Waals surface area contributed by atoms with E-state index in [-0.39, 0.29) is 12.5 Å². The van der Waals surface area contributed by atoms with Gasteiger partial charge in [0.1, 0.15) is 0 Å². The van der Waals surface area contributed by atoms with Crippen LogP contribution < -0.4 is 4.74 Å². The molecule has 0 aliphatic rings. The first-order valence-corrected chi connectivity index (χ1v) is 8.19. The fraction of sp³-hybridized carbons (Fsp3) is 0.588. The number of fused-ring (bicyclic) bond motifs is 1. The van der Waals surface area contributed by atoms with E-state index in [0.29, 0.717) is 31.8 Å². The molecular formula is C17H26N4O3. The number of aliphatic hydroxyl groups is 1. The first-order valence-electron chi connectivity index (χ1n) is 8.19. The molecule has 0 aliphatic heterocycles. The van der Waals surface area contributed by atoms with E-state index < -0.39 is 0 Å². The van der Waals surface area contributed by atoms with E-state index in [1.165, 1.54) is 0 Å². The Labute approximate surface area is 142 Å². The average Bonchev–Trinajstić information content (AvgIpc) is 2.88. The maximum atomic E-state index is 12.3. The SMILES string of the molecule is CCN(CCO)C(=O)CCc1c(C)nc2c(c(OC)nn2C)c1C. The highest BCUT2D eigenvalue weighted by Gasteiger charge is 2.19. The van der Waals surface area contributed by atoms with Gasteiger partial charge in [0, 0.05) is 32.3 Å². The van der Waals surface area contributed by atoms with E-state index >= 15 is 0 Å². The van der Waals surface area contributed by atoms with Crippen LogP contribution in [0.2, 0.25) is 0 Å². The molecular weight excluding hydrogens is 308 g/mol. The van der Waals surface area contributed by atoms with Crippen molar-refractivity contribution in [3.63, 3.8) is 0 Å². The van der Waals surface area contributed by atoms with Crippen molar-refractivity contribution in [1.82, 2.24) is 19.7 Å². The van der Waals surface area contributed by atoms with Crippen LogP contribution in [-0.4, -0.2) is 57.5 Å². The van der Waals surface area contributed by atoms with E-state index in [4.69, 9.17) is 9.84 Å². The molecule has 24 heavy (non-hydrogen) atoms. The lowest BCUT2D eigenvalue weighted by atomic mass is 10.00. The van der Waals surface area contributed by atoms with Gasteiger partial charge in [-0.1, -0.05) is 0 Å². The number of ether oxygens (including phenoxy) is 1. The number of carbonyl (C=O) groups excluding carboxylic acids is 1. The van der Waals surface area contributed by atoms with E-state index in [2.05, 4.69) is 10.1 Å². The minimum absolute atomic E-state index is 0.0158. The molecule has 1 amide bonds. The molecule has 2 aromatic heterocycles. The van der Waals surface area contributed by atoms with Gasteiger partial charge in [-0.3, -0.25) is 4.79 Å². The van der Waals surface area contributed by atoms with Crippen molar-refractivity contribution in [1.29, 1.82) is 0 Å². The molecule has 2 heterocycles. The van der Waals surface area contributed by atoms with E-state index in [0.717, 1.165) is 27.9 Å². The fourth-order valence-corrected chi connectivity index (χ4v) is 3.08. The maximum absolute atomic E-state index is 12.3. The third kappa shape index (κ3) is 3.36. The zero-order chi connectivity index (χ0) is 17.9. The fourth-order valence-electron chi connectivity index (χ4n) is 3.08. The van der Waals surface area contributed by atoms with Gasteiger partial charge in [-0.25, -0.2) is 9.67 Å². The Balaban J connectivity index is 2.31. The number of likely N-dealkylation sites (N-methyl/N-ethyl adjacent to an activating group) is 1. The number of aryl methyl sites for hydroxylation is 3. The first-order chi connectivity index (χ1) is 11.4. The summed E-state index contributed by atoms with van der Waals surface area (Å²) in [4.78, 5) is 18.6. The second-order valence-electron chi connectivity index (χ2n) is 5.83. The summed E-state index contributed by atoms with van der Waals surface area (Å²) in [5, 5.41) is 14.3. The summed E-state index contributed by atoms with van der Waals surface area (Å²) in [7, 11) is 3.44. The van der Waals surface area contributed by atoms with Crippen molar-refractivity contribution >= 4 is 16.9 Å². The predicted octanol–water partition coefficient (Wildman–Crippen LogP) is 1.37. The maximum Gasteiger partial charge on any atom is 0.242 e. The lowest BCUT2D eigenvalue weighted by Crippen LogP contribution is -2.33. The number of pyridine rings is 1. The summed E-state index contributed by atoms with van der Waals surface area (Å²) in [6.07, 6.45) is 1.00. The molecule has 2 rings (SSSR count). The van der Waals surface area contributed by atoms with Gasteiger partial charge in [-0.2, -0.15) is 0 Å². The van der Waals surface area contributed by atoms with Gasteiger partial charge in [-0.05, 0) is 38.3 Å². The van der Waals surface area contributed by atoms with Crippen LogP contribution in [0.25, 0.3) is 11.0 Å². The molecule has 0 atom stereocenters. The lowest BCUT2D eigenvalue weighted by molar-refractivity contribution is -0.131. The molecule has 7 nitrogen and oxygen atoms in total. The molecule has 0 unspecified atom stereocenters. The number of nitrogens with zero attached hydrogens (tertiary/aromatic N) is 4. The lowest BCUT2D eigenvalue weighted by Gasteiger charge is -2.20. The molecule has 0 saturated heterocycles. The van der Waals surface area contributed by atoms with Crippen molar-refractivity contribution < 1.29 is 14.6 Å². The number of hydrogen-bond donors (Lipinski definition) is 1. The van der Waals surface area contributed by atoms with Crippen LogP contribution in [0.5, 0.6) is 5.88 Å². The number of aromatic nitrogens is 3. The monoisotopic (exact) mass is 334 g/mol. The molecule has 1 N–H and O–H groups in total. The van der Waals surface area contributed by atoms with Gasteiger partial charge in [-0.15, -0.1) is 5.10 Å². The normalized spacial score (nSPS) is 11.1. The highest BCUT2D eigenvalue weighted by molar-refractivity contribution is 5.86. The van der Waals surface area contributed by atoms with Crippen LogP contribution in [0.15, 0.2) is 0 Å². The quantitative estimate of drug-likeness (QED) is 0.827. The summed E-state index contributed by atoms with van der Waals surface area (Å²) in [6, 6.07) is 0. The van der Waals surface area contributed by atoms with Crippen molar-refractivity contribution in [2.75, 3.05) is 26.8 Å². The summed E-state index contributed by atoms with van der Waals surface area (Å²) >= 11 is 0. The predicted molar refractivity (Wildman–Crippen MR) is 92.2 cm³/mol. The standard InChI is InChI=1S/C17H26N4O3/c1-6-21(9-10-22)14(23)8-7-13-11(2)15-16(18-12(13)3)20(4)19-17(15)24-5/h22H,6-10H2,1-5H3.